The van der Waals surface area contributed by atoms with Crippen LogP contribution in [0.15, 0.2) is 36.4 Å². The normalized spacial score (nSPS) is 18.1. The Labute approximate surface area is 356 Å². The van der Waals surface area contributed by atoms with Crippen LogP contribution in [0.1, 0.15) is 68.6 Å². The van der Waals surface area contributed by atoms with Crippen LogP contribution in [-0.4, -0.2) is 146 Å². The third kappa shape index (κ3) is 13.1. The second kappa shape index (κ2) is 21.5. The number of alkyl halides is 3. The second-order valence-electron chi connectivity index (χ2n) is 16.6. The van der Waals surface area contributed by atoms with Gasteiger partial charge in [0.05, 0.1) is 23.6 Å². The van der Waals surface area contributed by atoms with Crippen molar-refractivity contribution in [1.82, 2.24) is 24.5 Å². The topological polar surface area (TPSA) is 135 Å². The van der Waals surface area contributed by atoms with Crippen molar-refractivity contribution >= 4 is 41.3 Å². The van der Waals surface area contributed by atoms with Gasteiger partial charge in [0.2, 0.25) is 0 Å². The van der Waals surface area contributed by atoms with Crippen molar-refractivity contribution in [2.24, 2.45) is 11.8 Å². The first kappa shape index (κ1) is 46.8. The highest BCUT2D eigenvalue weighted by molar-refractivity contribution is 6.32. The lowest BCUT2D eigenvalue weighted by Crippen LogP contribution is -2.51. The van der Waals surface area contributed by atoms with Gasteiger partial charge in [-0.3, -0.25) is 9.59 Å². The molecule has 0 aliphatic carbocycles. The van der Waals surface area contributed by atoms with Gasteiger partial charge in [0.25, 0.3) is 5.91 Å². The van der Waals surface area contributed by atoms with Gasteiger partial charge in [-0.25, -0.2) is 9.59 Å². The molecule has 2 aromatic carbocycles. The maximum Gasteiger partial charge on any atom is 0.420 e. The van der Waals surface area contributed by atoms with Crippen LogP contribution < -0.4 is 5.32 Å². The van der Waals surface area contributed by atoms with Gasteiger partial charge in [-0.2, -0.15) is 13.2 Å². The molecule has 0 radical (unpaired) electrons. The number of likely N-dealkylation sites (N-methyl/N-ethyl adjacent to an activating group) is 1. The number of aromatic hydroxyl groups is 1. The summed E-state index contributed by atoms with van der Waals surface area (Å²) in [6, 6.07) is 9.16. The van der Waals surface area contributed by atoms with Crippen molar-refractivity contribution in [2.45, 2.75) is 83.0 Å². The van der Waals surface area contributed by atoms with Crippen molar-refractivity contribution in [3.63, 3.8) is 0 Å². The van der Waals surface area contributed by atoms with E-state index < -0.39 is 47.0 Å². The number of phenolic OH excluding ortho intramolecular Hbond substituents is 1. The highest BCUT2D eigenvalue weighted by Crippen LogP contribution is 2.41. The number of fused-ring (bicyclic) bond motifs is 1. The third-order valence-electron chi connectivity index (χ3n) is 12.1. The summed E-state index contributed by atoms with van der Waals surface area (Å²) < 4.78 is 52.7. The zero-order chi connectivity index (χ0) is 43.6. The number of ether oxygens (including phenoxy) is 2. The highest BCUT2D eigenvalue weighted by Gasteiger charge is 2.38. The smallest absolute Gasteiger partial charge is 0.420 e. The monoisotopic (exact) mass is 864 g/mol. The molecule has 0 spiro atoms. The van der Waals surface area contributed by atoms with E-state index in [0.29, 0.717) is 64.3 Å². The van der Waals surface area contributed by atoms with Gasteiger partial charge in [-0.15, -0.1) is 0 Å². The van der Waals surface area contributed by atoms with Crippen LogP contribution in [0.3, 0.4) is 0 Å². The number of likely N-dealkylation sites (tertiary alicyclic amines) is 2. The summed E-state index contributed by atoms with van der Waals surface area (Å²) in [7, 11) is 5.54. The Hall–Kier alpha value is -4.28. The fourth-order valence-electron chi connectivity index (χ4n) is 8.30. The Bertz CT molecular complexity index is 1790. The number of carbonyl (C=O) groups is 4. The molecule has 2 saturated heterocycles. The molecule has 4 amide bonds. The molecule has 2 fully saturated rings. The molecule has 2 atom stereocenters. The van der Waals surface area contributed by atoms with E-state index in [1.807, 2.05) is 43.3 Å². The highest BCUT2D eigenvalue weighted by atomic mass is 35.5. The van der Waals surface area contributed by atoms with Gasteiger partial charge in [-0.05, 0) is 113 Å². The molecule has 2 N–H and O–H groups in total. The minimum atomic E-state index is -4.92. The number of nitrogens with zero attached hydrogens (tertiary/aromatic N) is 5. The molecule has 13 nitrogen and oxygen atoms in total. The minimum absolute atomic E-state index is 0.0331. The minimum Gasteiger partial charge on any atom is -0.506 e. The van der Waals surface area contributed by atoms with E-state index in [1.165, 1.54) is 9.80 Å². The summed E-state index contributed by atoms with van der Waals surface area (Å²) in [6.07, 6.45) is -2.29. The summed E-state index contributed by atoms with van der Waals surface area (Å²) in [5.41, 5.74) is 0.433. The van der Waals surface area contributed by atoms with Gasteiger partial charge in [0.15, 0.2) is 6.10 Å². The van der Waals surface area contributed by atoms with E-state index in [9.17, 15) is 37.5 Å². The molecule has 5 rings (SSSR count). The van der Waals surface area contributed by atoms with Crippen LogP contribution in [0.5, 0.6) is 5.75 Å². The number of hydrogen-bond acceptors (Lipinski definition) is 9. The molecular formula is C43H60ClF3N6O7. The molecule has 1 unspecified atom stereocenters. The van der Waals surface area contributed by atoms with Gasteiger partial charge in [0, 0.05) is 64.5 Å². The molecule has 60 heavy (non-hydrogen) atoms. The van der Waals surface area contributed by atoms with Crippen molar-refractivity contribution in [1.29, 1.82) is 0 Å². The SMILES string of the molecule is CC(CCN(C)C(=O)[C@@H](Cc1cc(Cl)c(O)c(C(F)(F)F)c1)OC(=O)N1CCC(N2CCc3ccccc3NC2=O)CC1)C1CCN(CCC(=O)OCCCN(C)C)CC1. The van der Waals surface area contributed by atoms with Gasteiger partial charge < -0.3 is 44.4 Å². The Morgan fingerprint density at radius 3 is 2.38 bits per heavy atom. The number of amides is 4. The summed E-state index contributed by atoms with van der Waals surface area (Å²) in [5.74, 6) is -1.24. The number of anilines is 1. The predicted octanol–water partition coefficient (Wildman–Crippen LogP) is 6.75. The number of piperidine rings is 2. The van der Waals surface area contributed by atoms with Crippen molar-refractivity contribution < 1.29 is 46.9 Å². The number of esters is 1. The number of halogens is 4. The maximum absolute atomic E-state index is 14.0. The van der Waals surface area contributed by atoms with Crippen LogP contribution in [0.25, 0.3) is 0 Å². The summed E-state index contributed by atoms with van der Waals surface area (Å²) in [5, 5.41) is 12.5. The number of rotatable bonds is 16. The number of carbonyl (C=O) groups excluding carboxylic acids is 4. The predicted molar refractivity (Wildman–Crippen MR) is 222 cm³/mol. The average molecular weight is 865 g/mol. The third-order valence-corrected chi connectivity index (χ3v) is 12.3. The van der Waals surface area contributed by atoms with Crippen LogP contribution in [0, 0.1) is 11.8 Å². The lowest BCUT2D eigenvalue weighted by atomic mass is 9.83. The Morgan fingerprint density at radius 2 is 1.70 bits per heavy atom. The van der Waals surface area contributed by atoms with E-state index in [0.717, 1.165) is 62.3 Å². The molecule has 3 aliphatic rings. The Balaban J connectivity index is 1.16. The first-order valence-corrected chi connectivity index (χ1v) is 21.3. The number of benzene rings is 2. The zero-order valence-electron chi connectivity index (χ0n) is 35.1. The van der Waals surface area contributed by atoms with Crippen LogP contribution in [0.4, 0.5) is 28.4 Å². The maximum atomic E-state index is 14.0. The Kier molecular flexibility index (Phi) is 16.8. The van der Waals surface area contributed by atoms with Crippen LogP contribution in [-0.2, 0) is 38.1 Å². The van der Waals surface area contributed by atoms with Crippen LogP contribution in [0.2, 0.25) is 5.02 Å². The Morgan fingerprint density at radius 1 is 1.00 bits per heavy atom. The lowest BCUT2D eigenvalue weighted by molar-refractivity contribution is -0.144. The summed E-state index contributed by atoms with van der Waals surface area (Å²) in [4.78, 5) is 62.0. The van der Waals surface area contributed by atoms with Crippen molar-refractivity contribution in [3.8, 4) is 5.75 Å². The largest absolute Gasteiger partial charge is 0.506 e. The number of nitrogens with one attached hydrogen (secondary N) is 1. The fourth-order valence-corrected chi connectivity index (χ4v) is 8.54. The van der Waals surface area contributed by atoms with Crippen molar-refractivity contribution in [2.75, 3.05) is 85.4 Å². The molecule has 3 aliphatic heterocycles. The molecule has 17 heteroatoms. The summed E-state index contributed by atoms with van der Waals surface area (Å²) in [6.45, 7) is 7.09. The quantitative estimate of drug-likeness (QED) is 0.139. The molecular weight excluding hydrogens is 805 g/mol. The molecule has 0 aromatic heterocycles. The first-order valence-electron chi connectivity index (χ1n) is 21.0. The number of hydrogen-bond donors (Lipinski definition) is 2. The van der Waals surface area contributed by atoms with Gasteiger partial charge >= 0.3 is 24.3 Å². The fraction of sp³-hybridized carbons (Fsp3) is 0.628. The zero-order valence-corrected chi connectivity index (χ0v) is 35.9. The molecule has 0 saturated carbocycles. The average Bonchev–Trinajstić information content (AvgIpc) is 3.38. The number of urea groups is 1. The van der Waals surface area contributed by atoms with E-state index in [1.54, 1.807) is 11.9 Å². The molecule has 3 heterocycles. The van der Waals surface area contributed by atoms with Crippen LogP contribution >= 0.6 is 11.6 Å². The first-order chi connectivity index (χ1) is 28.5. The summed E-state index contributed by atoms with van der Waals surface area (Å²) >= 11 is 6.01. The number of para-hydroxylation sites is 1. The standard InChI is InChI=1S/C43H60ClF3N6O7/c1-29(31-11-19-51(20-12-31)21-16-38(54)59-25-7-17-49(2)3)10-18-50(4)40(56)37(28-30-26-34(43(45,46)47)39(55)35(44)27-30)60-42(58)52-22-14-33(15-23-52)53-24-13-32-8-5-6-9-36(32)48-41(53)57/h5-6,8-9,26-27,29,31,33,37,55H,7,10-25,28H2,1-4H3,(H,48,57)/t29?,37-/m1/s1. The van der Waals surface area contributed by atoms with E-state index >= 15 is 0 Å². The van der Waals surface area contributed by atoms with E-state index in [4.69, 9.17) is 21.1 Å². The van der Waals surface area contributed by atoms with Crippen molar-refractivity contribution in [3.05, 3.63) is 58.1 Å². The molecule has 332 valence electrons. The van der Waals surface area contributed by atoms with Gasteiger partial charge in [0.1, 0.15) is 5.75 Å². The second-order valence-corrected chi connectivity index (χ2v) is 17.0. The van der Waals surface area contributed by atoms with Gasteiger partial charge in [-0.1, -0.05) is 36.7 Å². The van der Waals surface area contributed by atoms with E-state index in [-0.39, 0.29) is 42.6 Å². The molecule has 0 bridgehead atoms. The molecule has 2 aromatic rings. The van der Waals surface area contributed by atoms with E-state index in [2.05, 4.69) is 17.1 Å². The lowest BCUT2D eigenvalue weighted by Gasteiger charge is -2.38. The number of phenols is 1.